The summed E-state index contributed by atoms with van der Waals surface area (Å²) < 4.78 is 16.4. The predicted octanol–water partition coefficient (Wildman–Crippen LogP) is 1.95. The molecular formula is C19H19ClN2O5. The fourth-order valence-corrected chi connectivity index (χ4v) is 2.78. The van der Waals surface area contributed by atoms with Gasteiger partial charge in [0.2, 0.25) is 0 Å². The molecule has 1 aliphatic heterocycles. The normalized spacial score (nSPS) is 12.3. The van der Waals surface area contributed by atoms with E-state index in [1.54, 1.807) is 6.07 Å². The number of benzene rings is 2. The zero-order valence-corrected chi connectivity index (χ0v) is 15.3. The van der Waals surface area contributed by atoms with Crippen molar-refractivity contribution in [2.24, 2.45) is 5.73 Å². The van der Waals surface area contributed by atoms with Gasteiger partial charge in [-0.2, -0.15) is 0 Å². The number of nitrogens with two attached hydrogens (primary N) is 1. The number of hydrogen-bond donors (Lipinski definition) is 2. The van der Waals surface area contributed by atoms with Crippen molar-refractivity contribution in [2.75, 3.05) is 26.4 Å². The minimum Gasteiger partial charge on any atom is -0.486 e. The Morgan fingerprint density at radius 2 is 1.89 bits per heavy atom. The van der Waals surface area contributed by atoms with Crippen LogP contribution in [0.1, 0.15) is 15.9 Å². The molecule has 27 heavy (non-hydrogen) atoms. The van der Waals surface area contributed by atoms with Gasteiger partial charge in [-0.1, -0.05) is 17.7 Å². The first-order valence-electron chi connectivity index (χ1n) is 8.40. The van der Waals surface area contributed by atoms with Gasteiger partial charge in [0.25, 0.3) is 11.8 Å². The third-order valence-electron chi connectivity index (χ3n) is 3.91. The van der Waals surface area contributed by atoms with Crippen molar-refractivity contribution >= 4 is 23.4 Å². The molecule has 2 amide bonds. The number of hydrogen-bond acceptors (Lipinski definition) is 5. The second-order valence-electron chi connectivity index (χ2n) is 5.87. The Labute approximate surface area is 161 Å². The van der Waals surface area contributed by atoms with Crippen LogP contribution in [0.5, 0.6) is 17.2 Å². The number of halogens is 1. The van der Waals surface area contributed by atoms with Crippen molar-refractivity contribution in [3.63, 3.8) is 0 Å². The summed E-state index contributed by atoms with van der Waals surface area (Å²) in [5.74, 6) is 0.684. The number of amides is 2. The molecule has 2 aromatic rings. The highest BCUT2D eigenvalue weighted by atomic mass is 35.5. The van der Waals surface area contributed by atoms with Crippen LogP contribution >= 0.6 is 11.6 Å². The maximum Gasteiger partial charge on any atom is 0.257 e. The quantitative estimate of drug-likeness (QED) is 0.752. The minimum absolute atomic E-state index is 0.131. The molecule has 3 N–H and O–H groups in total. The van der Waals surface area contributed by atoms with Gasteiger partial charge in [0.1, 0.15) is 19.0 Å². The SMILES string of the molecule is NC(=O)c1cc(Cl)ccc1OCC(=O)NCCc1ccc2c(c1)OCCO2. The molecule has 8 heteroatoms. The highest BCUT2D eigenvalue weighted by molar-refractivity contribution is 6.31. The standard InChI is InChI=1S/C19H19ClN2O5/c20-13-2-4-15(14(10-13)19(21)24)27-11-18(23)22-6-5-12-1-3-16-17(9-12)26-8-7-25-16/h1-4,9-10H,5-8,11H2,(H2,21,24)(H,22,23). The average Bonchev–Trinajstić information content (AvgIpc) is 2.66. The Morgan fingerprint density at radius 3 is 2.67 bits per heavy atom. The fourth-order valence-electron chi connectivity index (χ4n) is 2.60. The largest absolute Gasteiger partial charge is 0.486 e. The molecule has 1 heterocycles. The molecule has 7 nitrogen and oxygen atoms in total. The van der Waals surface area contributed by atoms with Crippen LogP contribution in [0, 0.1) is 0 Å². The van der Waals surface area contributed by atoms with Crippen molar-refractivity contribution in [3.05, 3.63) is 52.5 Å². The molecule has 0 saturated heterocycles. The van der Waals surface area contributed by atoms with Crippen LogP contribution in [-0.4, -0.2) is 38.2 Å². The summed E-state index contributed by atoms with van der Waals surface area (Å²) in [7, 11) is 0. The molecule has 0 atom stereocenters. The second-order valence-corrected chi connectivity index (χ2v) is 6.31. The van der Waals surface area contributed by atoms with Crippen LogP contribution in [0.2, 0.25) is 5.02 Å². The molecule has 0 aliphatic carbocycles. The minimum atomic E-state index is -0.675. The van der Waals surface area contributed by atoms with E-state index in [0.29, 0.717) is 31.2 Å². The van der Waals surface area contributed by atoms with E-state index in [-0.39, 0.29) is 23.8 Å². The van der Waals surface area contributed by atoms with E-state index in [4.69, 9.17) is 31.5 Å². The van der Waals surface area contributed by atoms with Gasteiger partial charge in [0.15, 0.2) is 18.1 Å². The number of carbonyl (C=O) groups excluding carboxylic acids is 2. The van der Waals surface area contributed by atoms with Gasteiger partial charge in [0.05, 0.1) is 5.56 Å². The highest BCUT2D eigenvalue weighted by Gasteiger charge is 2.13. The molecule has 142 valence electrons. The molecule has 0 saturated carbocycles. The van der Waals surface area contributed by atoms with Crippen LogP contribution < -0.4 is 25.3 Å². The number of nitrogens with one attached hydrogen (secondary N) is 1. The molecular weight excluding hydrogens is 372 g/mol. The smallest absolute Gasteiger partial charge is 0.257 e. The van der Waals surface area contributed by atoms with E-state index in [1.165, 1.54) is 12.1 Å². The Balaban J connectivity index is 1.47. The van der Waals surface area contributed by atoms with Crippen molar-refractivity contribution in [3.8, 4) is 17.2 Å². The van der Waals surface area contributed by atoms with Gasteiger partial charge in [-0.15, -0.1) is 0 Å². The van der Waals surface area contributed by atoms with E-state index in [9.17, 15) is 9.59 Å². The molecule has 0 bridgehead atoms. The molecule has 0 unspecified atom stereocenters. The lowest BCUT2D eigenvalue weighted by atomic mass is 10.1. The Morgan fingerprint density at radius 1 is 1.11 bits per heavy atom. The van der Waals surface area contributed by atoms with Gasteiger partial charge in [-0.05, 0) is 42.3 Å². The van der Waals surface area contributed by atoms with E-state index >= 15 is 0 Å². The lowest BCUT2D eigenvalue weighted by molar-refractivity contribution is -0.123. The lowest BCUT2D eigenvalue weighted by Gasteiger charge is -2.18. The summed E-state index contributed by atoms with van der Waals surface area (Å²) >= 11 is 5.84. The van der Waals surface area contributed by atoms with Crippen molar-refractivity contribution in [1.82, 2.24) is 5.32 Å². The van der Waals surface area contributed by atoms with E-state index in [2.05, 4.69) is 5.32 Å². The Hall–Kier alpha value is -2.93. The topological polar surface area (TPSA) is 99.9 Å². The van der Waals surface area contributed by atoms with Gasteiger partial charge >= 0.3 is 0 Å². The van der Waals surface area contributed by atoms with Crippen LogP contribution in [-0.2, 0) is 11.2 Å². The van der Waals surface area contributed by atoms with Crippen molar-refractivity contribution in [2.45, 2.75) is 6.42 Å². The molecule has 2 aromatic carbocycles. The molecule has 0 aromatic heterocycles. The summed E-state index contributed by atoms with van der Waals surface area (Å²) in [6, 6.07) is 10.2. The third kappa shape index (κ3) is 5.04. The van der Waals surface area contributed by atoms with E-state index < -0.39 is 5.91 Å². The van der Waals surface area contributed by atoms with Crippen LogP contribution in [0.15, 0.2) is 36.4 Å². The van der Waals surface area contributed by atoms with Crippen molar-refractivity contribution in [1.29, 1.82) is 0 Å². The third-order valence-corrected chi connectivity index (χ3v) is 4.14. The fraction of sp³-hybridized carbons (Fsp3) is 0.263. The molecule has 0 spiro atoms. The highest BCUT2D eigenvalue weighted by Crippen LogP contribution is 2.30. The lowest BCUT2D eigenvalue weighted by Crippen LogP contribution is -2.31. The number of primary amides is 1. The average molecular weight is 391 g/mol. The molecule has 0 fully saturated rings. The van der Waals surface area contributed by atoms with Gasteiger partial charge in [-0.25, -0.2) is 0 Å². The van der Waals surface area contributed by atoms with Gasteiger partial charge in [-0.3, -0.25) is 9.59 Å². The first-order chi connectivity index (χ1) is 13.0. The first kappa shape index (κ1) is 18.8. The maximum atomic E-state index is 12.0. The van der Waals surface area contributed by atoms with Crippen LogP contribution in [0.4, 0.5) is 0 Å². The summed E-state index contributed by atoms with van der Waals surface area (Å²) in [6.07, 6.45) is 0.635. The summed E-state index contributed by atoms with van der Waals surface area (Å²) in [5.41, 5.74) is 6.44. The summed E-state index contributed by atoms with van der Waals surface area (Å²) in [5, 5.41) is 3.12. The molecule has 1 aliphatic rings. The number of fused-ring (bicyclic) bond motifs is 1. The maximum absolute atomic E-state index is 12.0. The number of ether oxygens (including phenoxy) is 3. The predicted molar refractivity (Wildman–Crippen MR) is 99.6 cm³/mol. The van der Waals surface area contributed by atoms with Crippen LogP contribution in [0.25, 0.3) is 0 Å². The van der Waals surface area contributed by atoms with Crippen LogP contribution in [0.3, 0.4) is 0 Å². The zero-order chi connectivity index (χ0) is 19.2. The van der Waals surface area contributed by atoms with E-state index in [0.717, 1.165) is 17.1 Å². The van der Waals surface area contributed by atoms with Gasteiger partial charge in [0, 0.05) is 11.6 Å². The monoisotopic (exact) mass is 390 g/mol. The first-order valence-corrected chi connectivity index (χ1v) is 8.78. The molecule has 3 rings (SSSR count). The zero-order valence-electron chi connectivity index (χ0n) is 14.5. The number of rotatable bonds is 7. The van der Waals surface area contributed by atoms with E-state index in [1.807, 2.05) is 18.2 Å². The summed E-state index contributed by atoms with van der Waals surface area (Å²) in [4.78, 5) is 23.4. The Bertz CT molecular complexity index is 856. The van der Waals surface area contributed by atoms with Gasteiger partial charge < -0.3 is 25.3 Å². The van der Waals surface area contributed by atoms with Crippen molar-refractivity contribution < 1.29 is 23.8 Å². The second kappa shape index (κ2) is 8.64. The Kier molecular flexibility index (Phi) is 6.03. The summed E-state index contributed by atoms with van der Waals surface area (Å²) in [6.45, 7) is 1.28. The molecule has 0 radical (unpaired) electrons. The number of carbonyl (C=O) groups is 2.